The molecule has 0 spiro atoms. The lowest BCUT2D eigenvalue weighted by Crippen LogP contribution is -2.31. The van der Waals surface area contributed by atoms with Crippen molar-refractivity contribution in [3.05, 3.63) is 17.0 Å². The monoisotopic (exact) mass is 353 g/mol. The number of primary sulfonamides is 1. The van der Waals surface area contributed by atoms with Gasteiger partial charge in [-0.3, -0.25) is 4.79 Å². The number of amides is 1. The van der Waals surface area contributed by atoms with E-state index in [4.69, 9.17) is 10.9 Å². The van der Waals surface area contributed by atoms with E-state index >= 15 is 0 Å². The van der Waals surface area contributed by atoms with Crippen LogP contribution in [0.1, 0.15) is 30.6 Å². The third kappa shape index (κ3) is 5.23. The van der Waals surface area contributed by atoms with Gasteiger partial charge < -0.3 is 11.1 Å². The predicted molar refractivity (Wildman–Crippen MR) is 84.7 cm³/mol. The average Bonchev–Trinajstić information content (AvgIpc) is 2.96. The van der Waals surface area contributed by atoms with Gasteiger partial charge in [0.1, 0.15) is 4.21 Å². The van der Waals surface area contributed by atoms with Gasteiger partial charge in [0.15, 0.2) is 0 Å². The molecule has 2 atom stereocenters. The van der Waals surface area contributed by atoms with Crippen LogP contribution >= 0.6 is 23.7 Å². The lowest BCUT2D eigenvalue weighted by atomic mass is 10.00. The van der Waals surface area contributed by atoms with Crippen LogP contribution in [0.15, 0.2) is 16.3 Å². The molecule has 5 N–H and O–H groups in total. The standard InChI is InChI=1S/C12H19N3O3S2.ClH/c13-10-3-1-2-8(10)6-11(16)15-7-9-4-5-12(19-9)20(14,17)18;/h4-5,8,10H,1-3,6-7,13H2,(H,15,16)(H2,14,17,18);1H/t8-,10+;/m0./s1. The topological polar surface area (TPSA) is 115 Å². The SMILES string of the molecule is Cl.N[C@@H]1CCC[C@H]1CC(=O)NCc1ccc(S(N)(=O)=O)s1. The quantitative estimate of drug-likeness (QED) is 0.730. The lowest BCUT2D eigenvalue weighted by Gasteiger charge is -2.14. The highest BCUT2D eigenvalue weighted by Crippen LogP contribution is 2.26. The van der Waals surface area contributed by atoms with Crippen LogP contribution in [0.3, 0.4) is 0 Å². The lowest BCUT2D eigenvalue weighted by molar-refractivity contribution is -0.122. The van der Waals surface area contributed by atoms with Gasteiger partial charge in [-0.05, 0) is 30.9 Å². The Bertz CT molecular complexity index is 588. The Balaban J connectivity index is 0.00000220. The second-order valence-corrected chi connectivity index (χ2v) is 8.06. The van der Waals surface area contributed by atoms with Crippen LogP contribution in [0.25, 0.3) is 0 Å². The fourth-order valence-electron chi connectivity index (χ4n) is 2.42. The summed E-state index contributed by atoms with van der Waals surface area (Å²) in [6.45, 7) is 0.320. The summed E-state index contributed by atoms with van der Waals surface area (Å²) in [4.78, 5) is 12.6. The predicted octanol–water partition coefficient (Wildman–Crippen LogP) is 0.951. The number of carbonyl (C=O) groups is 1. The maximum Gasteiger partial charge on any atom is 0.247 e. The van der Waals surface area contributed by atoms with Gasteiger partial charge in [-0.25, -0.2) is 13.6 Å². The fraction of sp³-hybridized carbons (Fsp3) is 0.583. The van der Waals surface area contributed by atoms with Crippen molar-refractivity contribution in [2.45, 2.75) is 42.5 Å². The van der Waals surface area contributed by atoms with E-state index in [1.54, 1.807) is 6.07 Å². The van der Waals surface area contributed by atoms with E-state index < -0.39 is 10.0 Å². The number of hydrogen-bond acceptors (Lipinski definition) is 5. The molecule has 9 heteroatoms. The van der Waals surface area contributed by atoms with Crippen molar-refractivity contribution < 1.29 is 13.2 Å². The van der Waals surface area contributed by atoms with E-state index in [0.717, 1.165) is 35.5 Å². The van der Waals surface area contributed by atoms with Crippen molar-refractivity contribution in [1.82, 2.24) is 5.32 Å². The van der Waals surface area contributed by atoms with E-state index in [9.17, 15) is 13.2 Å². The van der Waals surface area contributed by atoms with Crippen LogP contribution in [-0.4, -0.2) is 20.4 Å². The Morgan fingerprint density at radius 3 is 2.62 bits per heavy atom. The molecule has 1 aromatic heterocycles. The summed E-state index contributed by atoms with van der Waals surface area (Å²) in [5.74, 6) is 0.219. The number of thiophene rings is 1. The van der Waals surface area contributed by atoms with Gasteiger partial charge in [0.2, 0.25) is 15.9 Å². The third-order valence-corrected chi connectivity index (χ3v) is 6.07. The normalized spacial score (nSPS) is 21.8. The summed E-state index contributed by atoms with van der Waals surface area (Å²) in [5.41, 5.74) is 5.93. The molecule has 0 bridgehead atoms. The Morgan fingerprint density at radius 2 is 2.10 bits per heavy atom. The highest BCUT2D eigenvalue weighted by molar-refractivity contribution is 7.91. The number of rotatable bonds is 5. The Labute approximate surface area is 134 Å². The zero-order valence-corrected chi connectivity index (χ0v) is 13.9. The highest BCUT2D eigenvalue weighted by atomic mass is 35.5. The molecule has 1 fully saturated rings. The molecule has 1 amide bonds. The number of nitrogens with one attached hydrogen (secondary N) is 1. The van der Waals surface area contributed by atoms with Crippen molar-refractivity contribution in [1.29, 1.82) is 0 Å². The summed E-state index contributed by atoms with van der Waals surface area (Å²) in [7, 11) is -3.66. The molecule has 21 heavy (non-hydrogen) atoms. The zero-order chi connectivity index (χ0) is 14.8. The Hall–Kier alpha value is -0.670. The van der Waals surface area contributed by atoms with Crippen LogP contribution < -0.4 is 16.2 Å². The van der Waals surface area contributed by atoms with E-state index in [1.165, 1.54) is 6.07 Å². The molecule has 120 valence electrons. The van der Waals surface area contributed by atoms with Gasteiger partial charge in [0.05, 0.1) is 6.54 Å². The number of halogens is 1. The minimum Gasteiger partial charge on any atom is -0.351 e. The summed E-state index contributed by atoms with van der Waals surface area (Å²) in [6, 6.07) is 3.23. The molecule has 0 aliphatic heterocycles. The van der Waals surface area contributed by atoms with Gasteiger partial charge in [-0.2, -0.15) is 0 Å². The second kappa shape index (κ2) is 7.55. The summed E-state index contributed by atoms with van der Waals surface area (Å²) in [5, 5.41) is 7.82. The first-order valence-electron chi connectivity index (χ1n) is 6.50. The first-order valence-corrected chi connectivity index (χ1v) is 8.86. The fourth-order valence-corrected chi connectivity index (χ4v) is 4.14. The Morgan fingerprint density at radius 1 is 1.38 bits per heavy atom. The molecule has 0 aromatic carbocycles. The molecule has 0 unspecified atom stereocenters. The molecule has 6 nitrogen and oxygen atoms in total. The highest BCUT2D eigenvalue weighted by Gasteiger charge is 2.25. The van der Waals surface area contributed by atoms with Gasteiger partial charge in [-0.1, -0.05) is 6.42 Å². The average molecular weight is 354 g/mol. The van der Waals surface area contributed by atoms with Crippen LogP contribution in [0.5, 0.6) is 0 Å². The molecule has 1 aromatic rings. The molecular formula is C12H20ClN3O3S2. The molecule has 1 saturated carbocycles. The third-order valence-electron chi connectivity index (χ3n) is 3.54. The smallest absolute Gasteiger partial charge is 0.247 e. The largest absolute Gasteiger partial charge is 0.351 e. The van der Waals surface area contributed by atoms with Crippen LogP contribution in [0.4, 0.5) is 0 Å². The minimum atomic E-state index is -3.66. The molecule has 0 saturated heterocycles. The summed E-state index contributed by atoms with van der Waals surface area (Å²) < 4.78 is 22.4. The van der Waals surface area contributed by atoms with Crippen molar-refractivity contribution >= 4 is 39.7 Å². The van der Waals surface area contributed by atoms with Gasteiger partial charge in [0, 0.05) is 17.3 Å². The number of nitrogens with two attached hydrogens (primary N) is 2. The van der Waals surface area contributed by atoms with E-state index in [2.05, 4.69) is 5.32 Å². The first kappa shape index (κ1) is 18.4. The second-order valence-electron chi connectivity index (χ2n) is 5.10. The molecule has 1 heterocycles. The van der Waals surface area contributed by atoms with Crippen molar-refractivity contribution in [3.8, 4) is 0 Å². The van der Waals surface area contributed by atoms with Crippen LogP contribution in [0, 0.1) is 5.92 Å². The van der Waals surface area contributed by atoms with Crippen molar-refractivity contribution in [3.63, 3.8) is 0 Å². The molecule has 2 rings (SSSR count). The van der Waals surface area contributed by atoms with Gasteiger partial charge >= 0.3 is 0 Å². The molecular weight excluding hydrogens is 334 g/mol. The Kier molecular flexibility index (Phi) is 6.61. The van der Waals surface area contributed by atoms with Crippen molar-refractivity contribution in [2.24, 2.45) is 16.8 Å². The first-order chi connectivity index (χ1) is 9.36. The van der Waals surface area contributed by atoms with E-state index in [1.807, 2.05) is 0 Å². The summed E-state index contributed by atoms with van der Waals surface area (Å²) in [6.07, 6.45) is 3.51. The number of sulfonamides is 1. The van der Waals surface area contributed by atoms with Crippen LogP contribution in [-0.2, 0) is 21.4 Å². The van der Waals surface area contributed by atoms with Gasteiger partial charge in [-0.15, -0.1) is 23.7 Å². The minimum absolute atomic E-state index is 0. The molecule has 1 aliphatic carbocycles. The number of hydrogen-bond donors (Lipinski definition) is 3. The van der Waals surface area contributed by atoms with E-state index in [0.29, 0.717) is 13.0 Å². The molecule has 1 aliphatic rings. The molecule has 0 radical (unpaired) electrons. The number of carbonyl (C=O) groups excluding carboxylic acids is 1. The maximum absolute atomic E-state index is 11.8. The van der Waals surface area contributed by atoms with Crippen molar-refractivity contribution in [2.75, 3.05) is 0 Å². The van der Waals surface area contributed by atoms with Crippen LogP contribution in [0.2, 0.25) is 0 Å². The van der Waals surface area contributed by atoms with E-state index in [-0.39, 0.29) is 34.5 Å². The summed E-state index contributed by atoms with van der Waals surface area (Å²) >= 11 is 1.07. The zero-order valence-electron chi connectivity index (χ0n) is 11.4. The maximum atomic E-state index is 11.8. The van der Waals surface area contributed by atoms with Gasteiger partial charge in [0.25, 0.3) is 0 Å².